The molecule has 2 N–H and O–H groups in total. The van der Waals surface area contributed by atoms with Gasteiger partial charge in [-0.05, 0) is 24.7 Å². The van der Waals surface area contributed by atoms with Gasteiger partial charge in [0.05, 0.1) is 11.5 Å². The first-order chi connectivity index (χ1) is 7.98. The third-order valence-corrected chi connectivity index (χ3v) is 5.82. The normalized spacial score (nSPS) is 26.9. The number of sulfone groups is 1. The fourth-order valence-corrected chi connectivity index (χ4v) is 4.61. The molecule has 3 atom stereocenters. The van der Waals surface area contributed by atoms with Crippen LogP contribution in [0.15, 0.2) is 0 Å². The maximum atomic E-state index is 11.4. The van der Waals surface area contributed by atoms with Gasteiger partial charge in [0.1, 0.15) is 0 Å². The van der Waals surface area contributed by atoms with Crippen molar-refractivity contribution in [1.29, 1.82) is 0 Å². The molecule has 3 unspecified atom stereocenters. The molecule has 0 spiro atoms. The minimum Gasteiger partial charge on any atom is -0.327 e. The van der Waals surface area contributed by atoms with Gasteiger partial charge in [-0.15, -0.1) is 0 Å². The quantitative estimate of drug-likeness (QED) is 0.765. The molecule has 0 aliphatic carbocycles. The highest BCUT2D eigenvalue weighted by atomic mass is 32.2. The molecule has 3 nitrogen and oxygen atoms in total. The van der Waals surface area contributed by atoms with Crippen LogP contribution in [0.1, 0.15) is 52.4 Å². The molecular formula is C13H27NO2S. The van der Waals surface area contributed by atoms with Crippen LogP contribution >= 0.6 is 0 Å². The number of nitrogens with two attached hydrogens (primary N) is 1. The monoisotopic (exact) mass is 261 g/mol. The summed E-state index contributed by atoms with van der Waals surface area (Å²) >= 11 is 0. The van der Waals surface area contributed by atoms with E-state index >= 15 is 0 Å². The summed E-state index contributed by atoms with van der Waals surface area (Å²) in [5.41, 5.74) is 6.18. The lowest BCUT2D eigenvalue weighted by Gasteiger charge is -2.23. The predicted molar refractivity (Wildman–Crippen MR) is 72.7 cm³/mol. The lowest BCUT2D eigenvalue weighted by atomic mass is 9.87. The van der Waals surface area contributed by atoms with Gasteiger partial charge in [0.2, 0.25) is 0 Å². The summed E-state index contributed by atoms with van der Waals surface area (Å²) in [6.45, 7) is 4.41. The van der Waals surface area contributed by atoms with Gasteiger partial charge in [0.15, 0.2) is 9.84 Å². The second-order valence-electron chi connectivity index (χ2n) is 5.48. The maximum absolute atomic E-state index is 11.4. The largest absolute Gasteiger partial charge is 0.327 e. The molecule has 0 radical (unpaired) electrons. The summed E-state index contributed by atoms with van der Waals surface area (Å²) in [5.74, 6) is 1.54. The van der Waals surface area contributed by atoms with E-state index in [1.807, 2.05) is 0 Å². The van der Waals surface area contributed by atoms with Gasteiger partial charge in [-0.25, -0.2) is 8.42 Å². The van der Waals surface area contributed by atoms with E-state index in [1.54, 1.807) is 0 Å². The lowest BCUT2D eigenvalue weighted by Crippen LogP contribution is -2.33. The van der Waals surface area contributed by atoms with Crippen LogP contribution in [0, 0.1) is 11.8 Å². The molecule has 0 saturated carbocycles. The van der Waals surface area contributed by atoms with Crippen LogP contribution in [0.4, 0.5) is 0 Å². The third kappa shape index (κ3) is 4.96. The zero-order valence-corrected chi connectivity index (χ0v) is 12.0. The summed E-state index contributed by atoms with van der Waals surface area (Å²) in [6.07, 6.45) is 6.65. The molecule has 1 aliphatic rings. The molecule has 1 rings (SSSR count). The molecule has 0 aromatic heterocycles. The van der Waals surface area contributed by atoms with Crippen molar-refractivity contribution in [2.24, 2.45) is 17.6 Å². The van der Waals surface area contributed by atoms with Crippen molar-refractivity contribution in [1.82, 2.24) is 0 Å². The molecule has 0 amide bonds. The Morgan fingerprint density at radius 3 is 2.53 bits per heavy atom. The van der Waals surface area contributed by atoms with Gasteiger partial charge in [-0.1, -0.05) is 39.5 Å². The Morgan fingerprint density at radius 1 is 1.35 bits per heavy atom. The summed E-state index contributed by atoms with van der Waals surface area (Å²) < 4.78 is 22.8. The zero-order chi connectivity index (χ0) is 12.9. The summed E-state index contributed by atoms with van der Waals surface area (Å²) in [6, 6.07) is 0.0779. The summed E-state index contributed by atoms with van der Waals surface area (Å²) in [4.78, 5) is 0. The maximum Gasteiger partial charge on any atom is 0.150 e. The number of rotatable bonds is 7. The van der Waals surface area contributed by atoms with Gasteiger partial charge in [-0.2, -0.15) is 0 Å². The van der Waals surface area contributed by atoms with Crippen LogP contribution < -0.4 is 5.73 Å². The second-order valence-corrected chi connectivity index (χ2v) is 7.71. The van der Waals surface area contributed by atoms with E-state index in [4.69, 9.17) is 5.73 Å². The molecule has 1 fully saturated rings. The molecule has 1 aliphatic heterocycles. The first-order valence-corrected chi connectivity index (χ1v) is 8.76. The fourth-order valence-electron chi connectivity index (χ4n) is 2.72. The van der Waals surface area contributed by atoms with Gasteiger partial charge in [0, 0.05) is 6.04 Å². The lowest BCUT2D eigenvalue weighted by molar-refractivity contribution is 0.333. The fraction of sp³-hybridized carbons (Fsp3) is 1.00. The minimum atomic E-state index is -2.78. The highest BCUT2D eigenvalue weighted by molar-refractivity contribution is 7.91. The Bertz CT molecular complexity index is 313. The van der Waals surface area contributed by atoms with E-state index < -0.39 is 9.84 Å². The Labute approximate surface area is 106 Å². The van der Waals surface area contributed by atoms with Crippen LogP contribution in [0.2, 0.25) is 0 Å². The molecule has 102 valence electrons. The van der Waals surface area contributed by atoms with Crippen molar-refractivity contribution in [3.8, 4) is 0 Å². The Kier molecular flexibility index (Phi) is 5.93. The van der Waals surface area contributed by atoms with Crippen LogP contribution in [0.25, 0.3) is 0 Å². The van der Waals surface area contributed by atoms with E-state index in [1.165, 1.54) is 19.3 Å². The highest BCUT2D eigenvalue weighted by Crippen LogP contribution is 2.26. The molecule has 4 heteroatoms. The average molecular weight is 261 g/mol. The minimum absolute atomic E-state index is 0.0779. The Balaban J connectivity index is 2.39. The van der Waals surface area contributed by atoms with Crippen molar-refractivity contribution >= 4 is 9.84 Å². The van der Waals surface area contributed by atoms with E-state index in [2.05, 4.69) is 13.8 Å². The Hall–Kier alpha value is -0.0900. The SMILES string of the molecule is CCCCC(CC)CC(N)C1CCS(=O)(=O)C1. The van der Waals surface area contributed by atoms with Crippen molar-refractivity contribution in [2.75, 3.05) is 11.5 Å². The first kappa shape index (κ1) is 15.0. The van der Waals surface area contributed by atoms with Gasteiger partial charge >= 0.3 is 0 Å². The van der Waals surface area contributed by atoms with Crippen LogP contribution in [0.3, 0.4) is 0 Å². The number of hydrogen-bond acceptors (Lipinski definition) is 3. The van der Waals surface area contributed by atoms with Crippen LogP contribution in [-0.4, -0.2) is 26.0 Å². The molecule has 0 aromatic rings. The average Bonchev–Trinajstić information content (AvgIpc) is 2.64. The highest BCUT2D eigenvalue weighted by Gasteiger charge is 2.32. The van der Waals surface area contributed by atoms with E-state index in [0.29, 0.717) is 17.4 Å². The van der Waals surface area contributed by atoms with Crippen molar-refractivity contribution in [2.45, 2.75) is 58.4 Å². The second kappa shape index (κ2) is 6.74. The van der Waals surface area contributed by atoms with E-state index in [9.17, 15) is 8.42 Å². The molecule has 1 saturated heterocycles. The number of hydrogen-bond donors (Lipinski definition) is 1. The van der Waals surface area contributed by atoms with Gasteiger partial charge in [-0.3, -0.25) is 0 Å². The number of unbranched alkanes of at least 4 members (excludes halogenated alkanes) is 1. The van der Waals surface area contributed by atoms with Crippen molar-refractivity contribution in [3.63, 3.8) is 0 Å². The Morgan fingerprint density at radius 2 is 2.06 bits per heavy atom. The standard InChI is InChI=1S/C13H27NO2S/c1-3-5-6-11(4-2)9-13(14)12-7-8-17(15,16)10-12/h11-13H,3-10,14H2,1-2H3. The van der Waals surface area contributed by atoms with Crippen molar-refractivity contribution < 1.29 is 8.42 Å². The molecule has 0 bridgehead atoms. The van der Waals surface area contributed by atoms with Crippen molar-refractivity contribution in [3.05, 3.63) is 0 Å². The van der Waals surface area contributed by atoms with E-state index in [-0.39, 0.29) is 12.0 Å². The molecule has 0 aromatic carbocycles. The molecule has 17 heavy (non-hydrogen) atoms. The van der Waals surface area contributed by atoms with Gasteiger partial charge < -0.3 is 5.73 Å². The van der Waals surface area contributed by atoms with Crippen LogP contribution in [0.5, 0.6) is 0 Å². The topological polar surface area (TPSA) is 60.2 Å². The summed E-state index contributed by atoms with van der Waals surface area (Å²) in [5, 5.41) is 0. The third-order valence-electron chi connectivity index (χ3n) is 4.02. The predicted octanol–water partition coefficient (Wildman–Crippen LogP) is 2.35. The molecule has 1 heterocycles. The van der Waals surface area contributed by atoms with Crippen LogP contribution in [-0.2, 0) is 9.84 Å². The molecular weight excluding hydrogens is 234 g/mol. The van der Waals surface area contributed by atoms with Gasteiger partial charge in [0.25, 0.3) is 0 Å². The zero-order valence-electron chi connectivity index (χ0n) is 11.2. The first-order valence-electron chi connectivity index (χ1n) is 6.94. The smallest absolute Gasteiger partial charge is 0.150 e. The van der Waals surface area contributed by atoms with E-state index in [0.717, 1.165) is 19.3 Å². The summed E-state index contributed by atoms with van der Waals surface area (Å²) in [7, 11) is -2.78.